The fourth-order valence-electron chi connectivity index (χ4n) is 7.15. The molecule has 338 valence electrons. The number of carbonyl (C=O) groups is 1. The molecule has 65 heavy (non-hydrogen) atoms. The van der Waals surface area contributed by atoms with E-state index in [2.05, 4.69) is 12.6 Å². The van der Waals surface area contributed by atoms with Gasteiger partial charge in [0, 0.05) is 28.0 Å². The Hall–Kier alpha value is -6.59. The topological polar surface area (TPSA) is 20.9 Å². The zero-order valence-electron chi connectivity index (χ0n) is 31.0. The summed E-state index contributed by atoms with van der Waals surface area (Å²) in [6.07, 6.45) is -5.29. The average Bonchev–Trinajstić information content (AvgIpc) is 3.29. The number of rotatable bonds is 7. The SMILES string of the molecule is Fc1c(F)c(F)c([B-](c2c(F)c(F)c(F)c(F)c2F)(c2c(F)c(F)c(F)c(F)c2F)c2c(F)c(F)c(F)c(F)c2F)c(F)c1F.O=C(C[n+]1cccc2cc(S)ccc21)c1ccccc1. The smallest absolute Gasteiger partial charge is 0.227 e. The van der Waals surface area contributed by atoms with E-state index in [-0.39, 0.29) is 5.78 Å². The fraction of sp³-hybridized carbons (Fsp3) is 0.0244. The molecule has 0 fully saturated rings. The quantitative estimate of drug-likeness (QED) is 0.0322. The van der Waals surface area contributed by atoms with E-state index in [4.69, 9.17) is 0 Å². The van der Waals surface area contributed by atoms with Crippen LogP contribution in [0.2, 0.25) is 0 Å². The molecule has 24 heteroatoms. The van der Waals surface area contributed by atoms with Crippen molar-refractivity contribution >= 4 is 57.3 Å². The average molecular weight is 959 g/mol. The van der Waals surface area contributed by atoms with Gasteiger partial charge < -0.3 is 0 Å². The van der Waals surface area contributed by atoms with Crippen LogP contribution in [0.25, 0.3) is 10.9 Å². The highest BCUT2D eigenvalue weighted by atomic mass is 32.1. The Morgan fingerprint density at radius 1 is 0.400 bits per heavy atom. The number of hydrogen-bond acceptors (Lipinski definition) is 2. The molecule has 7 rings (SSSR count). The van der Waals surface area contributed by atoms with Crippen LogP contribution in [0.15, 0.2) is 71.8 Å². The molecule has 0 saturated carbocycles. The van der Waals surface area contributed by atoms with E-state index < -0.39 is 144 Å². The van der Waals surface area contributed by atoms with Crippen molar-refractivity contribution in [3.8, 4) is 0 Å². The first-order valence-corrected chi connectivity index (χ1v) is 17.8. The van der Waals surface area contributed by atoms with Crippen LogP contribution in [-0.4, -0.2) is 11.9 Å². The number of ketones is 1. The molecule has 6 aromatic carbocycles. The van der Waals surface area contributed by atoms with Gasteiger partial charge in [-0.15, -0.1) is 34.5 Å². The van der Waals surface area contributed by atoms with E-state index >= 15 is 35.1 Å². The van der Waals surface area contributed by atoms with E-state index in [0.29, 0.717) is 6.54 Å². The van der Waals surface area contributed by atoms with Gasteiger partial charge in [-0.3, -0.25) is 4.79 Å². The van der Waals surface area contributed by atoms with Crippen LogP contribution >= 0.6 is 12.6 Å². The summed E-state index contributed by atoms with van der Waals surface area (Å²) in [7, 11) is 0. The number of pyridine rings is 1. The summed E-state index contributed by atoms with van der Waals surface area (Å²) in [4.78, 5) is 13.2. The first-order chi connectivity index (χ1) is 30.4. The third kappa shape index (κ3) is 7.59. The van der Waals surface area contributed by atoms with Gasteiger partial charge in [0.25, 0.3) is 0 Å². The van der Waals surface area contributed by atoms with Gasteiger partial charge in [-0.1, -0.05) is 30.3 Å². The van der Waals surface area contributed by atoms with Crippen molar-refractivity contribution in [2.24, 2.45) is 0 Å². The van der Waals surface area contributed by atoms with Crippen LogP contribution < -0.4 is 26.4 Å². The Kier molecular flexibility index (Phi) is 13.1. The molecule has 1 aromatic heterocycles. The number of hydrogen-bond donors (Lipinski definition) is 1. The second kappa shape index (κ2) is 17.8. The third-order valence-electron chi connectivity index (χ3n) is 9.98. The standard InChI is InChI=1S/C24BF20.C17H13NOS/c26-5-1(6(27)14(35)21(42)13(5)34)25(2-7(28)15(36)22(43)16(37)8(2)29,3-9(30)17(38)23(44)18(39)10(3)31)4-11(32)19(40)24(45)20(41)12(4)33;19-17(13-5-2-1-3-6-13)12-18-10-4-7-14-11-15(20)8-9-16(14)18/h;1-11H,12H2/q-1;/p+1. The van der Waals surface area contributed by atoms with Crippen molar-refractivity contribution in [3.63, 3.8) is 0 Å². The molecule has 0 radical (unpaired) electrons. The highest BCUT2D eigenvalue weighted by Crippen LogP contribution is 2.31. The Morgan fingerprint density at radius 3 is 1.03 bits per heavy atom. The van der Waals surface area contributed by atoms with Crippen molar-refractivity contribution < 1.29 is 97.2 Å². The molecule has 0 aliphatic rings. The number of halogens is 20. The number of carbonyl (C=O) groups excluding carboxylic acids is 1. The van der Waals surface area contributed by atoms with Gasteiger partial charge in [0.1, 0.15) is 52.7 Å². The van der Waals surface area contributed by atoms with Crippen LogP contribution in [0.1, 0.15) is 10.4 Å². The van der Waals surface area contributed by atoms with Crippen molar-refractivity contribution in [2.75, 3.05) is 0 Å². The zero-order valence-corrected chi connectivity index (χ0v) is 31.9. The molecule has 0 bridgehead atoms. The second-order valence-electron chi connectivity index (χ2n) is 13.5. The summed E-state index contributed by atoms with van der Waals surface area (Å²) in [6.45, 7) is 0.341. The lowest BCUT2D eigenvalue weighted by molar-refractivity contribution is -0.657. The molecular formula is C41H14BF20NOS. The molecule has 0 saturated heterocycles. The Morgan fingerprint density at radius 2 is 0.708 bits per heavy atom. The highest BCUT2D eigenvalue weighted by molar-refractivity contribution is 7.80. The lowest BCUT2D eigenvalue weighted by atomic mass is 9.12. The molecule has 2 nitrogen and oxygen atoms in total. The molecule has 7 aromatic rings. The molecule has 0 atom stereocenters. The molecule has 1 heterocycles. The van der Waals surface area contributed by atoms with Crippen molar-refractivity contribution in [1.82, 2.24) is 0 Å². The first-order valence-electron chi connectivity index (χ1n) is 17.4. The summed E-state index contributed by atoms with van der Waals surface area (Å²) in [6, 6.07) is 19.3. The van der Waals surface area contributed by atoms with Crippen LogP contribution in [0.4, 0.5) is 87.8 Å². The van der Waals surface area contributed by atoms with Crippen LogP contribution in [0.3, 0.4) is 0 Å². The number of thiol groups is 1. The molecule has 0 spiro atoms. The molecule has 0 unspecified atom stereocenters. The van der Waals surface area contributed by atoms with Gasteiger partial charge >= 0.3 is 0 Å². The predicted molar refractivity (Wildman–Crippen MR) is 191 cm³/mol. The number of fused-ring (bicyclic) bond motifs is 1. The molecule has 0 aliphatic heterocycles. The Bertz CT molecular complexity index is 2730. The predicted octanol–water partition coefficient (Wildman–Crippen LogP) is 9.14. The maximum absolute atomic E-state index is 15.4. The maximum atomic E-state index is 15.4. The minimum absolute atomic E-state index is 0.109. The first kappa shape index (κ1) is 47.9. The van der Waals surface area contributed by atoms with Crippen LogP contribution in [0.5, 0.6) is 0 Å². The van der Waals surface area contributed by atoms with E-state index in [1.807, 2.05) is 71.4 Å². The van der Waals surface area contributed by atoms with Crippen molar-refractivity contribution in [3.05, 3.63) is 189 Å². The maximum Gasteiger partial charge on any atom is 0.227 e. The van der Waals surface area contributed by atoms with Crippen LogP contribution in [-0.2, 0) is 6.54 Å². The largest absolute Gasteiger partial charge is 0.287 e. The number of nitrogens with zero attached hydrogens (tertiary/aromatic N) is 1. The van der Waals surface area contributed by atoms with E-state index in [1.54, 1.807) is 0 Å². The molecule has 0 aliphatic carbocycles. The second-order valence-corrected chi connectivity index (χ2v) is 14.0. The van der Waals surface area contributed by atoms with E-state index in [9.17, 15) is 57.5 Å². The summed E-state index contributed by atoms with van der Waals surface area (Å²) >= 11 is 4.35. The summed E-state index contributed by atoms with van der Waals surface area (Å²) in [5, 5.41) is 1.08. The van der Waals surface area contributed by atoms with Gasteiger partial charge in [-0.25, -0.2) is 87.8 Å². The minimum Gasteiger partial charge on any atom is -0.287 e. The third-order valence-corrected chi connectivity index (χ3v) is 10.3. The summed E-state index contributed by atoms with van der Waals surface area (Å²) in [5.41, 5.74) is -12.6. The number of benzene rings is 6. The number of aromatic nitrogens is 1. The molecular weight excluding hydrogens is 945 g/mol. The molecule has 0 amide bonds. The fourth-order valence-corrected chi connectivity index (χ4v) is 7.36. The molecule has 0 N–H and O–H groups in total. The van der Waals surface area contributed by atoms with Crippen molar-refractivity contribution in [2.45, 2.75) is 11.4 Å². The Labute approximate surface area is 354 Å². The van der Waals surface area contributed by atoms with Crippen LogP contribution in [0, 0.1) is 116 Å². The zero-order chi connectivity index (χ0) is 48.3. The van der Waals surface area contributed by atoms with E-state index in [0.717, 1.165) is 21.4 Å². The Balaban J connectivity index is 0.000000289. The highest BCUT2D eigenvalue weighted by Gasteiger charge is 2.52. The summed E-state index contributed by atoms with van der Waals surface area (Å²) < 4.78 is 296. The lowest BCUT2D eigenvalue weighted by Crippen LogP contribution is -2.81. The van der Waals surface area contributed by atoms with Crippen molar-refractivity contribution in [1.29, 1.82) is 0 Å². The van der Waals surface area contributed by atoms with E-state index in [1.165, 1.54) is 0 Å². The summed E-state index contributed by atoms with van der Waals surface area (Å²) in [5.74, 6) is -71.3. The minimum atomic E-state index is -7.22. The van der Waals surface area contributed by atoms with Gasteiger partial charge in [0.15, 0.2) is 76.0 Å². The lowest BCUT2D eigenvalue weighted by Gasteiger charge is -2.44. The van der Waals surface area contributed by atoms with Gasteiger partial charge in [0.2, 0.25) is 17.8 Å². The monoisotopic (exact) mass is 959 g/mol. The van der Waals surface area contributed by atoms with Gasteiger partial charge in [0.05, 0.1) is 0 Å². The normalized spacial score (nSPS) is 11.6. The number of Topliss-reactive ketones (excluding diaryl/α,β-unsaturated/α-hetero) is 1. The van der Waals surface area contributed by atoms with Gasteiger partial charge in [-0.05, 0) is 18.2 Å². The van der Waals surface area contributed by atoms with Gasteiger partial charge in [-0.2, -0.15) is 4.57 Å².